The molecule has 3 rings (SSSR count). The molecule has 0 radical (unpaired) electrons. The number of rotatable bonds is 6. The number of carbonyl (C=O) groups excluding carboxylic acids is 1. The second-order valence-corrected chi connectivity index (χ2v) is 6.26. The van der Waals surface area contributed by atoms with E-state index in [2.05, 4.69) is 5.32 Å². The monoisotopic (exact) mass is 391 g/mol. The van der Waals surface area contributed by atoms with E-state index >= 15 is 0 Å². The maximum Gasteiger partial charge on any atom is 0.407 e. The SMILES string of the molecule is CCC(O)C(NC(=O)OCC1c2ccccc2-c2ccccc21)C(=O)O.Cl. The molecule has 1 amide bonds. The number of aliphatic hydroxyl groups is 1. The van der Waals surface area contributed by atoms with E-state index in [-0.39, 0.29) is 31.4 Å². The van der Waals surface area contributed by atoms with Gasteiger partial charge in [-0.1, -0.05) is 55.5 Å². The largest absolute Gasteiger partial charge is 0.480 e. The van der Waals surface area contributed by atoms with Crippen LogP contribution < -0.4 is 5.32 Å². The summed E-state index contributed by atoms with van der Waals surface area (Å²) in [6, 6.07) is 14.5. The first-order chi connectivity index (χ1) is 12.5. The van der Waals surface area contributed by atoms with E-state index in [1.165, 1.54) is 0 Å². The molecular formula is C20H22ClNO5. The number of aliphatic hydroxyl groups excluding tert-OH is 1. The van der Waals surface area contributed by atoms with Gasteiger partial charge in [0.15, 0.2) is 6.04 Å². The molecule has 3 N–H and O–H groups in total. The molecule has 27 heavy (non-hydrogen) atoms. The van der Waals surface area contributed by atoms with E-state index in [1.807, 2.05) is 48.5 Å². The molecule has 0 bridgehead atoms. The van der Waals surface area contributed by atoms with Gasteiger partial charge in [0.25, 0.3) is 0 Å². The summed E-state index contributed by atoms with van der Waals surface area (Å²) in [7, 11) is 0. The number of hydrogen-bond acceptors (Lipinski definition) is 4. The van der Waals surface area contributed by atoms with Crippen molar-refractivity contribution in [1.82, 2.24) is 5.32 Å². The minimum Gasteiger partial charge on any atom is -0.480 e. The standard InChI is InChI=1S/C20H21NO5.ClH/c1-2-17(22)18(19(23)24)21-20(25)26-11-16-14-9-5-3-7-12(14)13-8-4-6-10-15(13)16;/h3-10,16-18,22H,2,11H2,1H3,(H,21,25)(H,23,24);1H. The summed E-state index contributed by atoms with van der Waals surface area (Å²) >= 11 is 0. The van der Waals surface area contributed by atoms with Gasteiger partial charge >= 0.3 is 12.1 Å². The lowest BCUT2D eigenvalue weighted by Gasteiger charge is -2.20. The van der Waals surface area contributed by atoms with E-state index in [0.717, 1.165) is 22.3 Å². The lowest BCUT2D eigenvalue weighted by Crippen LogP contribution is -2.48. The minimum atomic E-state index is -1.39. The maximum atomic E-state index is 12.1. The summed E-state index contributed by atoms with van der Waals surface area (Å²) in [6.45, 7) is 1.73. The first-order valence-corrected chi connectivity index (χ1v) is 8.55. The molecule has 0 aromatic heterocycles. The van der Waals surface area contributed by atoms with Crippen molar-refractivity contribution in [3.05, 3.63) is 59.7 Å². The van der Waals surface area contributed by atoms with Crippen LogP contribution in [0.3, 0.4) is 0 Å². The van der Waals surface area contributed by atoms with Gasteiger partial charge < -0.3 is 20.3 Å². The highest BCUT2D eigenvalue weighted by molar-refractivity contribution is 5.85. The van der Waals surface area contributed by atoms with Crippen LogP contribution in [-0.2, 0) is 9.53 Å². The highest BCUT2D eigenvalue weighted by Crippen LogP contribution is 2.44. The van der Waals surface area contributed by atoms with E-state index in [4.69, 9.17) is 9.84 Å². The van der Waals surface area contributed by atoms with Gasteiger partial charge in [0.1, 0.15) is 6.61 Å². The number of halogens is 1. The van der Waals surface area contributed by atoms with Gasteiger partial charge in [0, 0.05) is 5.92 Å². The van der Waals surface area contributed by atoms with Crippen molar-refractivity contribution in [3.63, 3.8) is 0 Å². The molecule has 7 heteroatoms. The zero-order chi connectivity index (χ0) is 18.7. The topological polar surface area (TPSA) is 95.9 Å². The molecule has 2 atom stereocenters. The van der Waals surface area contributed by atoms with E-state index < -0.39 is 24.2 Å². The maximum absolute atomic E-state index is 12.1. The van der Waals surface area contributed by atoms with Crippen LogP contribution in [0, 0.1) is 0 Å². The molecule has 1 aliphatic carbocycles. The number of fused-ring (bicyclic) bond motifs is 3. The molecule has 2 unspecified atom stereocenters. The highest BCUT2D eigenvalue weighted by atomic mass is 35.5. The number of benzene rings is 2. The summed E-state index contributed by atoms with van der Waals surface area (Å²) in [6.07, 6.45) is -1.82. The number of alkyl carbamates (subject to hydrolysis) is 1. The van der Waals surface area contributed by atoms with Gasteiger partial charge in [0.05, 0.1) is 6.10 Å². The number of amides is 1. The normalized spacial score (nSPS) is 14.3. The van der Waals surface area contributed by atoms with Gasteiger partial charge in [0.2, 0.25) is 0 Å². The zero-order valence-corrected chi connectivity index (χ0v) is 15.6. The fraction of sp³-hybridized carbons (Fsp3) is 0.300. The number of carboxylic acids is 1. The van der Waals surface area contributed by atoms with Crippen LogP contribution in [0.4, 0.5) is 4.79 Å². The van der Waals surface area contributed by atoms with Crippen molar-refractivity contribution in [1.29, 1.82) is 0 Å². The molecule has 1 aliphatic rings. The third kappa shape index (κ3) is 4.23. The molecule has 0 saturated carbocycles. The van der Waals surface area contributed by atoms with Crippen molar-refractivity contribution >= 4 is 24.5 Å². The lowest BCUT2D eigenvalue weighted by molar-refractivity contribution is -0.142. The number of carboxylic acid groups (broad SMARTS) is 1. The van der Waals surface area contributed by atoms with E-state index in [1.54, 1.807) is 6.92 Å². The fourth-order valence-corrected chi connectivity index (χ4v) is 3.33. The van der Waals surface area contributed by atoms with Gasteiger partial charge in [-0.15, -0.1) is 12.4 Å². The Balaban J connectivity index is 0.00000261. The Bertz CT molecular complexity index is 780. The Morgan fingerprint density at radius 2 is 1.59 bits per heavy atom. The summed E-state index contributed by atoms with van der Waals surface area (Å²) in [4.78, 5) is 23.2. The Labute approximate surface area is 163 Å². The third-order valence-corrected chi connectivity index (χ3v) is 4.69. The van der Waals surface area contributed by atoms with Crippen molar-refractivity contribution in [2.75, 3.05) is 6.61 Å². The second-order valence-electron chi connectivity index (χ2n) is 6.26. The van der Waals surface area contributed by atoms with Crippen LogP contribution in [0.1, 0.15) is 30.4 Å². The summed E-state index contributed by atoms with van der Waals surface area (Å²) in [5, 5.41) is 21.1. The quantitative estimate of drug-likeness (QED) is 0.702. The van der Waals surface area contributed by atoms with Crippen LogP contribution in [0.5, 0.6) is 0 Å². The molecule has 6 nitrogen and oxygen atoms in total. The molecule has 2 aromatic rings. The van der Waals surface area contributed by atoms with Gasteiger partial charge in [-0.05, 0) is 28.7 Å². The summed E-state index contributed by atoms with van der Waals surface area (Å²) < 4.78 is 5.29. The average Bonchev–Trinajstić information content (AvgIpc) is 2.97. The smallest absolute Gasteiger partial charge is 0.407 e. The molecule has 0 saturated heterocycles. The van der Waals surface area contributed by atoms with Crippen LogP contribution in [0.2, 0.25) is 0 Å². The van der Waals surface area contributed by atoms with Crippen molar-refractivity contribution in [3.8, 4) is 11.1 Å². The van der Waals surface area contributed by atoms with Crippen molar-refractivity contribution in [2.24, 2.45) is 0 Å². The average molecular weight is 392 g/mol. The van der Waals surface area contributed by atoms with E-state index in [0.29, 0.717) is 0 Å². The van der Waals surface area contributed by atoms with Gasteiger partial charge in [-0.2, -0.15) is 0 Å². The first-order valence-electron chi connectivity index (χ1n) is 8.55. The first kappa shape index (κ1) is 20.7. The second kappa shape index (κ2) is 8.88. The van der Waals surface area contributed by atoms with Crippen LogP contribution in [0.15, 0.2) is 48.5 Å². The Morgan fingerprint density at radius 1 is 1.07 bits per heavy atom. The number of ether oxygens (including phenoxy) is 1. The molecule has 2 aromatic carbocycles. The van der Waals surface area contributed by atoms with Crippen LogP contribution in [-0.4, -0.2) is 41.0 Å². The highest BCUT2D eigenvalue weighted by Gasteiger charge is 2.31. The van der Waals surface area contributed by atoms with Gasteiger partial charge in [-0.3, -0.25) is 0 Å². The van der Waals surface area contributed by atoms with Crippen molar-refractivity contribution < 1.29 is 24.5 Å². The van der Waals surface area contributed by atoms with Crippen LogP contribution >= 0.6 is 12.4 Å². The number of aliphatic carboxylic acids is 1. The number of nitrogens with one attached hydrogen (secondary N) is 1. The predicted molar refractivity (Wildman–Crippen MR) is 103 cm³/mol. The Morgan fingerprint density at radius 3 is 2.07 bits per heavy atom. The molecule has 0 heterocycles. The molecule has 144 valence electrons. The molecule has 0 aliphatic heterocycles. The summed E-state index contributed by atoms with van der Waals surface area (Å²) in [5.74, 6) is -1.40. The third-order valence-electron chi connectivity index (χ3n) is 4.69. The Hall–Kier alpha value is -2.57. The minimum absolute atomic E-state index is 0. The fourth-order valence-electron chi connectivity index (χ4n) is 3.33. The lowest BCUT2D eigenvalue weighted by atomic mass is 9.98. The number of carbonyl (C=O) groups is 2. The number of hydrogen-bond donors (Lipinski definition) is 3. The van der Waals surface area contributed by atoms with Crippen molar-refractivity contribution in [2.45, 2.75) is 31.4 Å². The Kier molecular flexibility index (Phi) is 6.82. The zero-order valence-electron chi connectivity index (χ0n) is 14.8. The van der Waals surface area contributed by atoms with Gasteiger partial charge in [-0.25, -0.2) is 9.59 Å². The molecular weight excluding hydrogens is 370 g/mol. The summed E-state index contributed by atoms with van der Waals surface area (Å²) in [5.41, 5.74) is 4.37. The molecule has 0 spiro atoms. The molecule has 0 fully saturated rings. The van der Waals surface area contributed by atoms with E-state index in [9.17, 15) is 14.7 Å². The van der Waals surface area contributed by atoms with Crippen LogP contribution in [0.25, 0.3) is 11.1 Å². The predicted octanol–water partition coefficient (Wildman–Crippen LogP) is 3.17.